The molecule has 0 aliphatic heterocycles. The predicted octanol–water partition coefficient (Wildman–Crippen LogP) is 3.47. The zero-order chi connectivity index (χ0) is 15.7. The molecule has 0 aliphatic rings. The third kappa shape index (κ3) is 2.95. The lowest BCUT2D eigenvalue weighted by Gasteiger charge is -2.10. The third-order valence-electron chi connectivity index (χ3n) is 3.53. The number of aryl methyl sites for hydroxylation is 1. The Morgan fingerprint density at radius 2 is 2.23 bits per heavy atom. The molecule has 2 heterocycles. The van der Waals surface area contributed by atoms with Crippen LogP contribution in [0.4, 0.5) is 0 Å². The normalized spacial score (nSPS) is 12.5. The number of carbonyl (C=O) groups excluding carboxylic acids is 1. The molecular weight excluding hydrogens is 364 g/mol. The van der Waals surface area contributed by atoms with E-state index in [2.05, 4.69) is 21.2 Å². The molecule has 22 heavy (non-hydrogen) atoms. The van der Waals surface area contributed by atoms with E-state index >= 15 is 0 Å². The van der Waals surface area contributed by atoms with Crippen molar-refractivity contribution < 1.29 is 9.90 Å². The highest BCUT2D eigenvalue weighted by atomic mass is 79.9. The molecule has 0 radical (unpaired) electrons. The van der Waals surface area contributed by atoms with E-state index in [9.17, 15) is 9.90 Å². The lowest BCUT2D eigenvalue weighted by Crippen LogP contribution is -2.27. The van der Waals surface area contributed by atoms with Crippen molar-refractivity contribution in [3.63, 3.8) is 0 Å². The zero-order valence-electron chi connectivity index (χ0n) is 11.9. The molecule has 0 bridgehead atoms. The van der Waals surface area contributed by atoms with Gasteiger partial charge in [0.15, 0.2) is 0 Å². The van der Waals surface area contributed by atoms with Crippen LogP contribution in [0.15, 0.2) is 46.4 Å². The van der Waals surface area contributed by atoms with Crippen LogP contribution in [0.3, 0.4) is 0 Å². The Labute approximate surface area is 140 Å². The average molecular weight is 379 g/mol. The highest BCUT2D eigenvalue weighted by molar-refractivity contribution is 9.10. The summed E-state index contributed by atoms with van der Waals surface area (Å²) in [4.78, 5) is 12.6. The van der Waals surface area contributed by atoms with Gasteiger partial charge in [0.1, 0.15) is 0 Å². The van der Waals surface area contributed by atoms with Crippen LogP contribution >= 0.6 is 27.3 Å². The van der Waals surface area contributed by atoms with Gasteiger partial charge in [-0.2, -0.15) is 0 Å². The number of thiophene rings is 1. The number of rotatable bonds is 4. The van der Waals surface area contributed by atoms with E-state index in [1.807, 2.05) is 47.5 Å². The molecule has 114 valence electrons. The number of aliphatic hydroxyl groups is 1. The van der Waals surface area contributed by atoms with Gasteiger partial charge >= 0.3 is 0 Å². The van der Waals surface area contributed by atoms with Crippen molar-refractivity contribution in [2.45, 2.75) is 6.10 Å². The molecule has 0 fully saturated rings. The third-order valence-corrected chi connectivity index (χ3v) is 5.22. The quantitative estimate of drug-likeness (QED) is 0.730. The van der Waals surface area contributed by atoms with Gasteiger partial charge in [0.05, 0.1) is 11.0 Å². The molecule has 1 atom stereocenters. The molecule has 3 rings (SSSR count). The molecule has 4 nitrogen and oxygen atoms in total. The number of aliphatic hydroxyl groups excluding tert-OH is 1. The van der Waals surface area contributed by atoms with Gasteiger partial charge in [0, 0.05) is 46.1 Å². The number of nitrogens with one attached hydrogen (secondary N) is 1. The first kappa shape index (κ1) is 15.3. The molecule has 2 aromatic heterocycles. The number of benzene rings is 1. The Hall–Kier alpha value is -1.63. The second-order valence-corrected chi connectivity index (χ2v) is 6.89. The van der Waals surface area contributed by atoms with Crippen LogP contribution in [-0.2, 0) is 7.05 Å². The first-order chi connectivity index (χ1) is 10.6. The summed E-state index contributed by atoms with van der Waals surface area (Å²) in [6.45, 7) is 0.183. The second-order valence-electron chi connectivity index (χ2n) is 5.07. The van der Waals surface area contributed by atoms with E-state index in [1.165, 1.54) is 11.3 Å². The van der Waals surface area contributed by atoms with Crippen molar-refractivity contribution in [2.24, 2.45) is 7.05 Å². The van der Waals surface area contributed by atoms with E-state index in [0.29, 0.717) is 4.88 Å². The first-order valence-electron chi connectivity index (χ1n) is 6.80. The number of fused-ring (bicyclic) bond motifs is 1. The number of aromatic nitrogens is 1. The fourth-order valence-electron chi connectivity index (χ4n) is 2.46. The predicted molar refractivity (Wildman–Crippen MR) is 92.2 cm³/mol. The molecule has 0 saturated heterocycles. The molecule has 2 N–H and O–H groups in total. The van der Waals surface area contributed by atoms with Crippen molar-refractivity contribution >= 4 is 44.1 Å². The van der Waals surface area contributed by atoms with Crippen LogP contribution in [0.5, 0.6) is 0 Å². The summed E-state index contributed by atoms with van der Waals surface area (Å²) >= 11 is 4.69. The van der Waals surface area contributed by atoms with Crippen LogP contribution in [0.1, 0.15) is 21.3 Å². The van der Waals surface area contributed by atoms with Crippen LogP contribution < -0.4 is 5.32 Å². The van der Waals surface area contributed by atoms with E-state index in [1.54, 1.807) is 6.07 Å². The number of para-hydroxylation sites is 1. The Morgan fingerprint density at radius 1 is 1.45 bits per heavy atom. The van der Waals surface area contributed by atoms with Crippen LogP contribution in [0.2, 0.25) is 0 Å². The van der Waals surface area contributed by atoms with Crippen molar-refractivity contribution in [1.29, 1.82) is 0 Å². The molecule has 1 aromatic carbocycles. The number of amides is 1. The summed E-state index contributed by atoms with van der Waals surface area (Å²) in [6, 6.07) is 9.67. The van der Waals surface area contributed by atoms with Gasteiger partial charge in [-0.15, -0.1) is 11.3 Å². The maximum absolute atomic E-state index is 12.0. The van der Waals surface area contributed by atoms with Crippen LogP contribution in [0, 0.1) is 0 Å². The van der Waals surface area contributed by atoms with Crippen LogP contribution in [-0.4, -0.2) is 22.1 Å². The van der Waals surface area contributed by atoms with E-state index in [4.69, 9.17) is 0 Å². The first-order valence-corrected chi connectivity index (χ1v) is 8.48. The highest BCUT2D eigenvalue weighted by Gasteiger charge is 2.16. The number of nitrogens with zero attached hydrogens (tertiary/aromatic N) is 1. The molecule has 3 aromatic rings. The Morgan fingerprint density at radius 3 is 2.95 bits per heavy atom. The topological polar surface area (TPSA) is 54.3 Å². The molecular formula is C16H15BrN2O2S. The van der Waals surface area contributed by atoms with Crippen molar-refractivity contribution in [1.82, 2.24) is 9.88 Å². The monoisotopic (exact) mass is 378 g/mol. The van der Waals surface area contributed by atoms with Crippen molar-refractivity contribution in [3.8, 4) is 0 Å². The van der Waals surface area contributed by atoms with Gasteiger partial charge in [-0.05, 0) is 28.1 Å². The molecule has 0 unspecified atom stereocenters. The number of halogens is 1. The van der Waals surface area contributed by atoms with Gasteiger partial charge in [0.25, 0.3) is 5.91 Å². The highest BCUT2D eigenvalue weighted by Crippen LogP contribution is 2.26. The largest absolute Gasteiger partial charge is 0.386 e. The standard InChI is InChI=1S/C16H15BrN2O2S/c1-19-8-12(11-4-2-3-5-13(11)19)14(20)7-18-16(21)15-6-10(17)9-22-15/h2-6,8-9,14,20H,7H2,1H3,(H,18,21)/t14-/m0/s1. The second kappa shape index (κ2) is 6.24. The van der Waals surface area contributed by atoms with E-state index in [-0.39, 0.29) is 12.5 Å². The fraction of sp³-hybridized carbons (Fsp3) is 0.188. The number of carbonyl (C=O) groups is 1. The van der Waals surface area contributed by atoms with Gasteiger partial charge in [0.2, 0.25) is 0 Å². The SMILES string of the molecule is Cn1cc([C@@H](O)CNC(=O)c2cc(Br)cs2)c2ccccc21. The maximum atomic E-state index is 12.0. The number of hydrogen-bond acceptors (Lipinski definition) is 3. The smallest absolute Gasteiger partial charge is 0.261 e. The molecule has 0 saturated carbocycles. The maximum Gasteiger partial charge on any atom is 0.261 e. The minimum Gasteiger partial charge on any atom is -0.386 e. The average Bonchev–Trinajstić information content (AvgIpc) is 3.09. The minimum absolute atomic E-state index is 0.171. The summed E-state index contributed by atoms with van der Waals surface area (Å²) in [5, 5.41) is 16.0. The van der Waals surface area contributed by atoms with Gasteiger partial charge in [-0.1, -0.05) is 18.2 Å². The summed E-state index contributed by atoms with van der Waals surface area (Å²) in [5.41, 5.74) is 1.89. The van der Waals surface area contributed by atoms with E-state index in [0.717, 1.165) is 20.9 Å². The Bertz CT molecular complexity index is 825. The summed E-state index contributed by atoms with van der Waals surface area (Å²) in [6.07, 6.45) is 1.17. The van der Waals surface area contributed by atoms with E-state index < -0.39 is 6.10 Å². The molecule has 0 aliphatic carbocycles. The summed E-state index contributed by atoms with van der Waals surface area (Å²) in [5.74, 6) is -0.171. The van der Waals surface area contributed by atoms with Crippen LogP contribution in [0.25, 0.3) is 10.9 Å². The van der Waals surface area contributed by atoms with Gasteiger partial charge < -0.3 is 15.0 Å². The van der Waals surface area contributed by atoms with Gasteiger partial charge in [-0.3, -0.25) is 4.79 Å². The van der Waals surface area contributed by atoms with Crippen molar-refractivity contribution in [2.75, 3.05) is 6.54 Å². The summed E-state index contributed by atoms with van der Waals surface area (Å²) < 4.78 is 2.86. The fourth-order valence-corrected chi connectivity index (χ4v) is 3.80. The lowest BCUT2D eigenvalue weighted by molar-refractivity contribution is 0.0921. The van der Waals surface area contributed by atoms with Crippen molar-refractivity contribution in [3.05, 3.63) is 56.8 Å². The molecule has 0 spiro atoms. The Kier molecular flexibility index (Phi) is 4.33. The molecule has 6 heteroatoms. The lowest BCUT2D eigenvalue weighted by atomic mass is 10.1. The minimum atomic E-state index is -0.738. The Balaban J connectivity index is 1.74. The van der Waals surface area contributed by atoms with Gasteiger partial charge in [-0.25, -0.2) is 0 Å². The molecule has 1 amide bonds. The zero-order valence-corrected chi connectivity index (χ0v) is 14.3. The summed E-state index contributed by atoms with van der Waals surface area (Å²) in [7, 11) is 1.94. The number of hydrogen-bond donors (Lipinski definition) is 2.